The van der Waals surface area contributed by atoms with Crippen LogP contribution in [0.4, 0.5) is 0 Å². The maximum absolute atomic E-state index is 12.6. The molecule has 1 aliphatic heterocycles. The maximum atomic E-state index is 12.6. The third-order valence-electron chi connectivity index (χ3n) is 5.00. The Morgan fingerprint density at radius 3 is 2.73 bits per heavy atom. The van der Waals surface area contributed by atoms with Gasteiger partial charge >= 0.3 is 0 Å². The molecule has 1 unspecified atom stereocenters. The fourth-order valence-electron chi connectivity index (χ4n) is 3.34. The van der Waals surface area contributed by atoms with Crippen molar-refractivity contribution in [2.24, 2.45) is 0 Å². The van der Waals surface area contributed by atoms with Gasteiger partial charge in [0.2, 0.25) is 5.91 Å². The van der Waals surface area contributed by atoms with Gasteiger partial charge in [-0.25, -0.2) is 0 Å². The summed E-state index contributed by atoms with van der Waals surface area (Å²) in [5, 5.41) is 6.71. The lowest BCUT2D eigenvalue weighted by molar-refractivity contribution is -0.123. The van der Waals surface area contributed by atoms with Gasteiger partial charge in [-0.05, 0) is 49.9 Å². The maximum Gasteiger partial charge on any atom is 0.230 e. The number of methoxy groups -OCH3 is 1. The zero-order valence-corrected chi connectivity index (χ0v) is 13.4. The fourth-order valence-corrected chi connectivity index (χ4v) is 3.34. The van der Waals surface area contributed by atoms with Crippen LogP contribution in [-0.2, 0) is 10.2 Å². The first-order valence-electron chi connectivity index (χ1n) is 8.41. The number of ether oxygens (including phenoxy) is 1. The molecule has 22 heavy (non-hydrogen) atoms. The Labute approximate surface area is 132 Å². The summed E-state index contributed by atoms with van der Waals surface area (Å²) in [6, 6.07) is 8.36. The molecule has 1 saturated heterocycles. The lowest BCUT2D eigenvalue weighted by Crippen LogP contribution is -2.44. The highest BCUT2D eigenvalue weighted by Crippen LogP contribution is 2.48. The van der Waals surface area contributed by atoms with E-state index in [1.807, 2.05) is 24.3 Å². The van der Waals surface area contributed by atoms with Crippen molar-refractivity contribution in [1.82, 2.24) is 10.6 Å². The minimum atomic E-state index is -0.295. The molecule has 1 aliphatic carbocycles. The van der Waals surface area contributed by atoms with Crippen LogP contribution in [0.5, 0.6) is 5.75 Å². The number of amides is 1. The van der Waals surface area contributed by atoms with Gasteiger partial charge in [0.15, 0.2) is 0 Å². The number of hydrogen-bond donors (Lipinski definition) is 2. The molecule has 2 fully saturated rings. The van der Waals surface area contributed by atoms with Crippen molar-refractivity contribution in [3.63, 3.8) is 0 Å². The van der Waals surface area contributed by atoms with E-state index in [2.05, 4.69) is 10.6 Å². The molecule has 1 amide bonds. The Morgan fingerprint density at radius 1 is 1.27 bits per heavy atom. The van der Waals surface area contributed by atoms with E-state index >= 15 is 0 Å². The third-order valence-corrected chi connectivity index (χ3v) is 5.00. The van der Waals surface area contributed by atoms with Crippen LogP contribution in [0.15, 0.2) is 24.3 Å². The van der Waals surface area contributed by atoms with E-state index in [-0.39, 0.29) is 11.3 Å². The van der Waals surface area contributed by atoms with Crippen LogP contribution in [-0.4, -0.2) is 32.1 Å². The predicted octanol–water partition coefficient (Wildman–Crippen LogP) is 2.38. The molecule has 1 saturated carbocycles. The summed E-state index contributed by atoms with van der Waals surface area (Å²) >= 11 is 0. The van der Waals surface area contributed by atoms with Crippen molar-refractivity contribution in [2.45, 2.75) is 50.0 Å². The van der Waals surface area contributed by atoms with Crippen molar-refractivity contribution in [1.29, 1.82) is 0 Å². The average Bonchev–Trinajstić information content (AvgIpc) is 3.38. The smallest absolute Gasteiger partial charge is 0.230 e. The normalized spacial score (nSPS) is 23.4. The van der Waals surface area contributed by atoms with E-state index in [0.29, 0.717) is 6.04 Å². The van der Waals surface area contributed by atoms with E-state index in [4.69, 9.17) is 4.74 Å². The molecule has 1 atom stereocenters. The summed E-state index contributed by atoms with van der Waals surface area (Å²) in [4.78, 5) is 12.6. The van der Waals surface area contributed by atoms with E-state index in [1.165, 1.54) is 19.3 Å². The second-order valence-electron chi connectivity index (χ2n) is 6.52. The summed E-state index contributed by atoms with van der Waals surface area (Å²) in [5.41, 5.74) is 0.816. The molecule has 0 spiro atoms. The highest BCUT2D eigenvalue weighted by atomic mass is 16.5. The van der Waals surface area contributed by atoms with Gasteiger partial charge in [0.25, 0.3) is 0 Å². The van der Waals surface area contributed by atoms with Crippen molar-refractivity contribution >= 4 is 5.91 Å². The summed E-state index contributed by atoms with van der Waals surface area (Å²) in [5.74, 6) is 1.02. The zero-order valence-electron chi connectivity index (χ0n) is 13.4. The van der Waals surface area contributed by atoms with Crippen LogP contribution in [0.1, 0.15) is 44.1 Å². The first-order chi connectivity index (χ1) is 10.7. The molecular weight excluding hydrogens is 276 g/mol. The second-order valence-corrected chi connectivity index (χ2v) is 6.52. The Morgan fingerprint density at radius 2 is 2.05 bits per heavy atom. The monoisotopic (exact) mass is 302 g/mol. The Hall–Kier alpha value is -1.55. The van der Waals surface area contributed by atoms with Crippen LogP contribution in [0.3, 0.4) is 0 Å². The number of hydrogen-bond acceptors (Lipinski definition) is 3. The predicted molar refractivity (Wildman–Crippen MR) is 87.2 cm³/mol. The molecule has 0 bridgehead atoms. The number of carbonyl (C=O) groups is 1. The van der Waals surface area contributed by atoms with Gasteiger partial charge in [-0.1, -0.05) is 25.0 Å². The van der Waals surface area contributed by atoms with Gasteiger partial charge in [0.05, 0.1) is 12.5 Å². The first kappa shape index (κ1) is 15.3. The topological polar surface area (TPSA) is 50.4 Å². The van der Waals surface area contributed by atoms with Crippen LogP contribution in [0.2, 0.25) is 0 Å². The second kappa shape index (κ2) is 6.69. The zero-order chi connectivity index (χ0) is 15.4. The molecule has 3 rings (SSSR count). The summed E-state index contributed by atoms with van der Waals surface area (Å²) in [7, 11) is 1.66. The van der Waals surface area contributed by atoms with Crippen molar-refractivity contribution in [3.8, 4) is 5.75 Å². The number of nitrogens with one attached hydrogen (secondary N) is 2. The first-order valence-corrected chi connectivity index (χ1v) is 8.41. The fraction of sp³-hybridized carbons (Fsp3) is 0.611. The lowest BCUT2D eigenvalue weighted by Gasteiger charge is -2.20. The Kier molecular flexibility index (Phi) is 4.67. The highest BCUT2D eigenvalue weighted by molar-refractivity contribution is 5.91. The van der Waals surface area contributed by atoms with E-state index in [1.54, 1.807) is 7.11 Å². The number of carbonyl (C=O) groups excluding carboxylic acids is 1. The summed E-state index contributed by atoms with van der Waals surface area (Å²) in [6.45, 7) is 1.82. The van der Waals surface area contributed by atoms with Crippen molar-refractivity contribution in [2.75, 3.05) is 20.2 Å². The molecule has 120 valence electrons. The average molecular weight is 302 g/mol. The van der Waals surface area contributed by atoms with Gasteiger partial charge in [-0.3, -0.25) is 4.79 Å². The molecule has 2 N–H and O–H groups in total. The number of benzene rings is 1. The molecule has 0 aromatic heterocycles. The van der Waals surface area contributed by atoms with Gasteiger partial charge in [0.1, 0.15) is 5.75 Å². The van der Waals surface area contributed by atoms with Crippen molar-refractivity contribution in [3.05, 3.63) is 29.8 Å². The van der Waals surface area contributed by atoms with Gasteiger partial charge in [0, 0.05) is 12.6 Å². The van der Waals surface area contributed by atoms with Gasteiger partial charge < -0.3 is 15.4 Å². The van der Waals surface area contributed by atoms with Crippen LogP contribution in [0, 0.1) is 0 Å². The molecule has 4 heteroatoms. The van der Waals surface area contributed by atoms with E-state index in [9.17, 15) is 4.79 Å². The third kappa shape index (κ3) is 3.27. The lowest BCUT2D eigenvalue weighted by atomic mass is 9.94. The molecule has 1 aromatic rings. The van der Waals surface area contributed by atoms with Crippen LogP contribution in [0.25, 0.3) is 0 Å². The molecule has 4 nitrogen and oxygen atoms in total. The molecule has 1 heterocycles. The minimum absolute atomic E-state index is 0.184. The van der Waals surface area contributed by atoms with Crippen LogP contribution >= 0.6 is 0 Å². The number of rotatable bonds is 5. The molecule has 2 aliphatic rings. The molecule has 0 radical (unpaired) electrons. The van der Waals surface area contributed by atoms with Gasteiger partial charge in [-0.15, -0.1) is 0 Å². The summed E-state index contributed by atoms with van der Waals surface area (Å²) < 4.78 is 5.19. The highest BCUT2D eigenvalue weighted by Gasteiger charge is 2.51. The molecule has 1 aromatic carbocycles. The minimum Gasteiger partial charge on any atom is -0.497 e. The Bertz CT molecular complexity index is 500. The van der Waals surface area contributed by atoms with Crippen LogP contribution < -0.4 is 15.4 Å². The SMILES string of the molecule is COc1ccc(C2(C(=O)NCC3CCCCCN3)CC2)cc1. The largest absolute Gasteiger partial charge is 0.497 e. The standard InChI is InChI=1S/C18H26N2O2/c1-22-16-8-6-14(7-9-16)18(10-11-18)17(21)20-13-15-5-3-2-4-12-19-15/h6-9,15,19H,2-5,10-13H2,1H3,(H,20,21). The van der Waals surface area contributed by atoms with Crippen molar-refractivity contribution < 1.29 is 9.53 Å². The Balaban J connectivity index is 1.58. The van der Waals surface area contributed by atoms with E-state index in [0.717, 1.165) is 43.7 Å². The molecular formula is C18H26N2O2. The van der Waals surface area contributed by atoms with Gasteiger partial charge in [-0.2, -0.15) is 0 Å². The summed E-state index contributed by atoms with van der Waals surface area (Å²) in [6.07, 6.45) is 6.87. The van der Waals surface area contributed by atoms with E-state index < -0.39 is 0 Å². The quantitative estimate of drug-likeness (QED) is 0.878.